The maximum absolute atomic E-state index is 13.8. The summed E-state index contributed by atoms with van der Waals surface area (Å²) < 4.78 is 0. The van der Waals surface area contributed by atoms with Crippen LogP contribution in [0.5, 0.6) is 0 Å². The molecule has 0 bridgehead atoms. The molecule has 10 nitrogen and oxygen atoms in total. The van der Waals surface area contributed by atoms with E-state index in [1.807, 2.05) is 42.5 Å². The van der Waals surface area contributed by atoms with Gasteiger partial charge in [-0.1, -0.05) is 49.6 Å². The number of carbonyl (C=O) groups is 3. The lowest BCUT2D eigenvalue weighted by Crippen LogP contribution is -2.63. The molecule has 2 aromatic carbocycles. The van der Waals surface area contributed by atoms with Gasteiger partial charge >= 0.3 is 5.97 Å². The van der Waals surface area contributed by atoms with Gasteiger partial charge in [-0.3, -0.25) is 24.8 Å². The molecular formula is C28H35ClN6O4. The van der Waals surface area contributed by atoms with Crippen LogP contribution in [0, 0.1) is 5.92 Å². The number of halogens is 1. The van der Waals surface area contributed by atoms with Crippen molar-refractivity contribution in [2.75, 3.05) is 12.3 Å². The number of aromatic amines is 1. The highest BCUT2D eigenvalue weighted by molar-refractivity contribution is 5.95. The number of nitrogens with two attached hydrogens (primary N) is 1. The molecule has 0 spiro atoms. The molecule has 1 fully saturated rings. The lowest BCUT2D eigenvalue weighted by atomic mass is 9.82. The molecule has 2 aliphatic rings. The number of amides is 2. The van der Waals surface area contributed by atoms with Crippen molar-refractivity contribution in [3.8, 4) is 0 Å². The Bertz CT molecular complexity index is 1330. The van der Waals surface area contributed by atoms with Crippen molar-refractivity contribution in [1.82, 2.24) is 26.1 Å². The first-order valence-corrected chi connectivity index (χ1v) is 13.2. The normalized spacial score (nSPS) is 17.1. The van der Waals surface area contributed by atoms with Crippen LogP contribution in [0.25, 0.3) is 10.9 Å². The highest BCUT2D eigenvalue weighted by Crippen LogP contribution is 2.32. The third kappa shape index (κ3) is 6.17. The molecule has 0 aliphatic heterocycles. The van der Waals surface area contributed by atoms with E-state index in [9.17, 15) is 19.5 Å². The highest BCUT2D eigenvalue weighted by atomic mass is 35.5. The van der Waals surface area contributed by atoms with Gasteiger partial charge in [0.2, 0.25) is 11.8 Å². The topological polar surface area (TPSA) is 162 Å². The summed E-state index contributed by atoms with van der Waals surface area (Å²) >= 11 is 0. The van der Waals surface area contributed by atoms with Gasteiger partial charge in [0.15, 0.2) is 5.82 Å². The van der Waals surface area contributed by atoms with Gasteiger partial charge in [-0.15, -0.1) is 12.4 Å². The molecule has 1 saturated carbocycles. The molecule has 3 aromatic rings. The lowest BCUT2D eigenvalue weighted by molar-refractivity contribution is -0.138. The fourth-order valence-corrected chi connectivity index (χ4v) is 5.92. The number of nitrogen functional groups attached to an aromatic ring is 1. The molecule has 1 aromatic heterocycles. The number of carboxylic acid groups (broad SMARTS) is 1. The van der Waals surface area contributed by atoms with Gasteiger partial charge in [0.05, 0.1) is 18.1 Å². The monoisotopic (exact) mass is 554 g/mol. The lowest BCUT2D eigenvalue weighted by Gasteiger charge is -2.35. The number of benzene rings is 2. The van der Waals surface area contributed by atoms with Crippen LogP contribution in [0.3, 0.4) is 0 Å². The van der Waals surface area contributed by atoms with Gasteiger partial charge in [-0.05, 0) is 47.6 Å². The molecule has 2 aliphatic carbocycles. The molecule has 1 heterocycles. The highest BCUT2D eigenvalue weighted by Gasteiger charge is 2.46. The van der Waals surface area contributed by atoms with E-state index >= 15 is 0 Å². The number of nitrogens with one attached hydrogen (secondary N) is 4. The summed E-state index contributed by atoms with van der Waals surface area (Å²) in [5.41, 5.74) is 8.39. The fourth-order valence-electron chi connectivity index (χ4n) is 5.92. The van der Waals surface area contributed by atoms with Gasteiger partial charge in [0.1, 0.15) is 5.54 Å². The van der Waals surface area contributed by atoms with Crippen molar-refractivity contribution in [3.63, 3.8) is 0 Å². The predicted molar refractivity (Wildman–Crippen MR) is 150 cm³/mol. The van der Waals surface area contributed by atoms with Gasteiger partial charge in [-0.2, -0.15) is 5.10 Å². The second kappa shape index (κ2) is 12.0. The van der Waals surface area contributed by atoms with Crippen molar-refractivity contribution in [2.24, 2.45) is 5.92 Å². The molecule has 1 atom stereocenters. The molecular weight excluding hydrogens is 520 g/mol. The zero-order valence-corrected chi connectivity index (χ0v) is 22.5. The van der Waals surface area contributed by atoms with Crippen LogP contribution in [0.1, 0.15) is 48.8 Å². The van der Waals surface area contributed by atoms with E-state index in [-0.39, 0.29) is 43.2 Å². The van der Waals surface area contributed by atoms with E-state index in [2.05, 4.69) is 26.1 Å². The standard InChI is InChI=1S/C28H34N6O4.ClH/c29-25-21-11-10-17(12-22(21)33-34-25)15-31-27(38)28(13-19-8-4-5-9-20(19)14-28)32-26(37)24(30-16-23(35)36)18-6-2-1-3-7-18;/h4-5,8-12,18,24,30H,1-3,6-7,13-16H2,(H,31,38)(H,32,37)(H,35,36)(H3,29,33,34);1H/t24-;/m1./s1. The Morgan fingerprint density at radius 1 is 1.08 bits per heavy atom. The average molecular weight is 555 g/mol. The predicted octanol–water partition coefficient (Wildman–Crippen LogP) is 2.46. The number of nitrogens with zero attached hydrogens (tertiary/aromatic N) is 1. The van der Waals surface area contributed by atoms with Crippen LogP contribution in [0.15, 0.2) is 42.5 Å². The van der Waals surface area contributed by atoms with Crippen LogP contribution < -0.4 is 21.7 Å². The summed E-state index contributed by atoms with van der Waals surface area (Å²) in [4.78, 5) is 38.8. The molecule has 208 valence electrons. The van der Waals surface area contributed by atoms with Crippen LogP contribution >= 0.6 is 12.4 Å². The third-order valence-corrected chi connectivity index (χ3v) is 7.89. The van der Waals surface area contributed by atoms with Crippen molar-refractivity contribution < 1.29 is 19.5 Å². The first-order valence-electron chi connectivity index (χ1n) is 13.2. The minimum Gasteiger partial charge on any atom is -0.480 e. The number of hydrogen-bond acceptors (Lipinski definition) is 6. The average Bonchev–Trinajstić information content (AvgIpc) is 3.48. The molecule has 39 heavy (non-hydrogen) atoms. The molecule has 0 unspecified atom stereocenters. The van der Waals surface area contributed by atoms with Crippen LogP contribution in [0.4, 0.5) is 5.82 Å². The third-order valence-electron chi connectivity index (χ3n) is 7.89. The Labute approximate surface area is 232 Å². The SMILES string of the molecule is Cl.Nc1n[nH]c2cc(CNC(=O)C3(NC(=O)[C@H](NCC(=O)O)C4CCCCC4)Cc4ccccc4C3)ccc12. The summed E-state index contributed by atoms with van der Waals surface area (Å²) in [6, 6.07) is 12.8. The Balaban J connectivity index is 0.00000353. The van der Waals surface area contributed by atoms with Gasteiger partial charge in [0.25, 0.3) is 0 Å². The summed E-state index contributed by atoms with van der Waals surface area (Å²) in [5.74, 6) is -1.16. The largest absolute Gasteiger partial charge is 0.480 e. The van der Waals surface area contributed by atoms with Crippen LogP contribution in [-0.2, 0) is 33.8 Å². The molecule has 0 radical (unpaired) electrons. The van der Waals surface area contributed by atoms with Gasteiger partial charge < -0.3 is 21.5 Å². The first-order chi connectivity index (χ1) is 18.3. The Hall–Kier alpha value is -3.63. The molecule has 7 N–H and O–H groups in total. The van der Waals surface area contributed by atoms with Crippen LogP contribution in [0.2, 0.25) is 0 Å². The summed E-state index contributed by atoms with van der Waals surface area (Å²) in [6.07, 6.45) is 5.57. The minimum absolute atomic E-state index is 0. The zero-order chi connectivity index (χ0) is 26.7. The quantitative estimate of drug-likeness (QED) is 0.237. The number of aliphatic carboxylic acids is 1. The maximum atomic E-state index is 13.8. The molecule has 2 amide bonds. The summed E-state index contributed by atoms with van der Waals surface area (Å²) in [5, 5.41) is 26.1. The smallest absolute Gasteiger partial charge is 0.317 e. The van der Waals surface area contributed by atoms with E-state index < -0.39 is 17.6 Å². The van der Waals surface area contributed by atoms with E-state index in [0.717, 1.165) is 59.7 Å². The van der Waals surface area contributed by atoms with Gasteiger partial charge in [0, 0.05) is 24.8 Å². The fraction of sp³-hybridized carbons (Fsp3) is 0.429. The Morgan fingerprint density at radius 3 is 2.44 bits per heavy atom. The molecule has 11 heteroatoms. The van der Waals surface area contributed by atoms with Gasteiger partial charge in [-0.25, -0.2) is 0 Å². The summed E-state index contributed by atoms with van der Waals surface area (Å²) in [7, 11) is 0. The number of fused-ring (bicyclic) bond motifs is 2. The number of H-pyrrole nitrogens is 1. The molecule has 0 saturated heterocycles. The number of carbonyl (C=O) groups excluding carboxylic acids is 2. The van der Waals surface area contributed by atoms with Crippen LogP contribution in [-0.4, -0.2) is 51.2 Å². The first kappa shape index (κ1) is 28.4. The molecule has 5 rings (SSSR count). The Morgan fingerprint density at radius 2 is 1.77 bits per heavy atom. The zero-order valence-electron chi connectivity index (χ0n) is 21.7. The van der Waals surface area contributed by atoms with E-state index in [1.165, 1.54) is 0 Å². The van der Waals surface area contributed by atoms with E-state index in [0.29, 0.717) is 18.7 Å². The van der Waals surface area contributed by atoms with Crippen molar-refractivity contribution in [1.29, 1.82) is 0 Å². The minimum atomic E-state index is -1.17. The number of hydrogen-bond donors (Lipinski definition) is 6. The number of aromatic nitrogens is 2. The number of anilines is 1. The number of carboxylic acids is 1. The Kier molecular flexibility index (Phi) is 8.76. The van der Waals surface area contributed by atoms with Crippen molar-refractivity contribution in [3.05, 3.63) is 59.2 Å². The van der Waals surface area contributed by atoms with Crippen molar-refractivity contribution in [2.45, 2.75) is 63.1 Å². The van der Waals surface area contributed by atoms with Crippen molar-refractivity contribution >= 4 is 46.9 Å². The number of rotatable bonds is 9. The summed E-state index contributed by atoms with van der Waals surface area (Å²) in [6.45, 7) is -0.0421. The second-order valence-electron chi connectivity index (χ2n) is 10.5. The maximum Gasteiger partial charge on any atom is 0.317 e. The van der Waals surface area contributed by atoms with E-state index in [4.69, 9.17) is 5.73 Å². The van der Waals surface area contributed by atoms with E-state index in [1.54, 1.807) is 0 Å². The second-order valence-corrected chi connectivity index (χ2v) is 10.5.